The van der Waals surface area contributed by atoms with E-state index in [-0.39, 0.29) is 5.91 Å². The number of carbonyl (C=O) groups excluding carboxylic acids is 1. The smallest absolute Gasteiger partial charge is 0.263 e. The fourth-order valence-corrected chi connectivity index (χ4v) is 2.19. The molecule has 0 bridgehead atoms. The Morgan fingerprint density at radius 3 is 2.74 bits per heavy atom. The molecule has 0 saturated carbocycles. The van der Waals surface area contributed by atoms with Crippen molar-refractivity contribution in [3.63, 3.8) is 0 Å². The van der Waals surface area contributed by atoms with Crippen molar-refractivity contribution >= 4 is 5.91 Å². The van der Waals surface area contributed by atoms with E-state index in [1.165, 1.54) is 0 Å². The minimum atomic E-state index is -0.453. The number of ether oxygens (including phenoxy) is 2. The molecule has 1 heterocycles. The Morgan fingerprint density at radius 2 is 2.05 bits per heavy atom. The molecule has 19 heavy (non-hydrogen) atoms. The maximum atomic E-state index is 12.2. The fraction of sp³-hybridized carbons (Fsp3) is 0.533. The van der Waals surface area contributed by atoms with Gasteiger partial charge in [0.15, 0.2) is 6.10 Å². The summed E-state index contributed by atoms with van der Waals surface area (Å²) in [6, 6.07) is 7.86. The van der Waals surface area contributed by atoms with Crippen LogP contribution in [-0.4, -0.2) is 43.2 Å². The molecule has 1 amide bonds. The van der Waals surface area contributed by atoms with Crippen LogP contribution in [0.4, 0.5) is 0 Å². The lowest BCUT2D eigenvalue weighted by Gasteiger charge is -2.29. The SMILES string of the molecule is CCc1ccccc1OC(C)C(=O)N1CCOCC1. The van der Waals surface area contributed by atoms with Gasteiger partial charge >= 0.3 is 0 Å². The van der Waals surface area contributed by atoms with Crippen molar-refractivity contribution < 1.29 is 14.3 Å². The van der Waals surface area contributed by atoms with E-state index in [1.54, 1.807) is 0 Å². The number of hydrogen-bond acceptors (Lipinski definition) is 3. The molecule has 0 radical (unpaired) electrons. The molecule has 4 nitrogen and oxygen atoms in total. The second-order valence-electron chi connectivity index (χ2n) is 4.66. The summed E-state index contributed by atoms with van der Waals surface area (Å²) in [6.45, 7) is 6.43. The van der Waals surface area contributed by atoms with Gasteiger partial charge in [-0.05, 0) is 25.0 Å². The van der Waals surface area contributed by atoms with E-state index < -0.39 is 6.10 Å². The Hall–Kier alpha value is -1.55. The maximum absolute atomic E-state index is 12.2. The van der Waals surface area contributed by atoms with Gasteiger partial charge in [0.25, 0.3) is 5.91 Å². The lowest BCUT2D eigenvalue weighted by Crippen LogP contribution is -2.46. The first-order chi connectivity index (χ1) is 9.22. The molecular weight excluding hydrogens is 242 g/mol. The van der Waals surface area contributed by atoms with Crippen LogP contribution in [0, 0.1) is 0 Å². The van der Waals surface area contributed by atoms with Crippen LogP contribution in [0.1, 0.15) is 19.4 Å². The second-order valence-corrected chi connectivity index (χ2v) is 4.66. The Kier molecular flexibility index (Phi) is 4.80. The fourth-order valence-electron chi connectivity index (χ4n) is 2.19. The minimum absolute atomic E-state index is 0.0363. The summed E-state index contributed by atoms with van der Waals surface area (Å²) < 4.78 is 11.1. The Morgan fingerprint density at radius 1 is 1.37 bits per heavy atom. The molecule has 0 spiro atoms. The Bertz CT molecular complexity index is 427. The van der Waals surface area contributed by atoms with E-state index >= 15 is 0 Å². The highest BCUT2D eigenvalue weighted by Crippen LogP contribution is 2.20. The molecule has 1 unspecified atom stereocenters. The molecule has 0 aliphatic carbocycles. The molecule has 104 valence electrons. The Labute approximate surface area is 114 Å². The highest BCUT2D eigenvalue weighted by molar-refractivity contribution is 5.81. The first-order valence-electron chi connectivity index (χ1n) is 6.83. The van der Waals surface area contributed by atoms with Gasteiger partial charge in [-0.25, -0.2) is 0 Å². The van der Waals surface area contributed by atoms with Gasteiger partial charge in [0.1, 0.15) is 5.75 Å². The van der Waals surface area contributed by atoms with Crippen molar-refractivity contribution in [1.82, 2.24) is 4.90 Å². The topological polar surface area (TPSA) is 38.8 Å². The number of hydrogen-bond donors (Lipinski definition) is 0. The number of nitrogens with zero attached hydrogens (tertiary/aromatic N) is 1. The van der Waals surface area contributed by atoms with Crippen molar-refractivity contribution in [3.05, 3.63) is 29.8 Å². The van der Waals surface area contributed by atoms with E-state index in [9.17, 15) is 4.79 Å². The quantitative estimate of drug-likeness (QED) is 0.832. The highest BCUT2D eigenvalue weighted by Gasteiger charge is 2.24. The minimum Gasteiger partial charge on any atom is -0.481 e. The van der Waals surface area contributed by atoms with Crippen LogP contribution < -0.4 is 4.74 Å². The molecule has 0 N–H and O–H groups in total. The number of rotatable bonds is 4. The van der Waals surface area contributed by atoms with Crippen LogP contribution in [-0.2, 0) is 16.0 Å². The molecule has 1 saturated heterocycles. The number of morpholine rings is 1. The molecule has 0 aromatic heterocycles. The van der Waals surface area contributed by atoms with Crippen LogP contribution in [0.3, 0.4) is 0 Å². The van der Waals surface area contributed by atoms with E-state index in [0.29, 0.717) is 26.3 Å². The van der Waals surface area contributed by atoms with E-state index in [0.717, 1.165) is 17.7 Å². The third-order valence-electron chi connectivity index (χ3n) is 3.33. The summed E-state index contributed by atoms with van der Waals surface area (Å²) in [7, 11) is 0. The van der Waals surface area contributed by atoms with Gasteiger partial charge in [0, 0.05) is 13.1 Å². The van der Waals surface area contributed by atoms with Gasteiger partial charge in [-0.1, -0.05) is 25.1 Å². The van der Waals surface area contributed by atoms with Crippen LogP contribution in [0.15, 0.2) is 24.3 Å². The van der Waals surface area contributed by atoms with Crippen molar-refractivity contribution in [2.24, 2.45) is 0 Å². The van der Waals surface area contributed by atoms with E-state index in [2.05, 4.69) is 6.92 Å². The first-order valence-corrected chi connectivity index (χ1v) is 6.83. The first kappa shape index (κ1) is 13.9. The van der Waals surface area contributed by atoms with Crippen molar-refractivity contribution in [2.45, 2.75) is 26.4 Å². The zero-order valence-corrected chi connectivity index (χ0v) is 11.6. The van der Waals surface area contributed by atoms with E-state index in [4.69, 9.17) is 9.47 Å². The summed E-state index contributed by atoms with van der Waals surface area (Å²) in [5.74, 6) is 0.841. The average molecular weight is 263 g/mol. The Balaban J connectivity index is 1.99. The van der Waals surface area contributed by atoms with Gasteiger partial charge in [0.05, 0.1) is 13.2 Å². The van der Waals surface area contributed by atoms with Crippen molar-refractivity contribution in [1.29, 1.82) is 0 Å². The van der Waals surface area contributed by atoms with Crippen LogP contribution in [0.2, 0.25) is 0 Å². The van der Waals surface area contributed by atoms with Crippen molar-refractivity contribution in [2.75, 3.05) is 26.3 Å². The molecule has 1 aromatic carbocycles. The summed E-state index contributed by atoms with van der Waals surface area (Å²) >= 11 is 0. The number of aryl methyl sites for hydroxylation is 1. The average Bonchev–Trinajstić information content (AvgIpc) is 2.48. The molecule has 1 aliphatic rings. The van der Waals surface area contributed by atoms with Crippen LogP contribution in [0.25, 0.3) is 0 Å². The highest BCUT2D eigenvalue weighted by atomic mass is 16.5. The summed E-state index contributed by atoms with van der Waals surface area (Å²) in [5.41, 5.74) is 1.13. The van der Waals surface area contributed by atoms with Crippen LogP contribution in [0.5, 0.6) is 5.75 Å². The van der Waals surface area contributed by atoms with Gasteiger partial charge in [-0.3, -0.25) is 4.79 Å². The third-order valence-corrected chi connectivity index (χ3v) is 3.33. The molecule has 2 rings (SSSR count). The summed E-state index contributed by atoms with van der Waals surface area (Å²) in [5, 5.41) is 0. The third kappa shape index (κ3) is 3.47. The number of carbonyl (C=O) groups is 1. The van der Waals surface area contributed by atoms with Crippen molar-refractivity contribution in [3.8, 4) is 5.75 Å². The largest absolute Gasteiger partial charge is 0.481 e. The number of benzene rings is 1. The molecule has 1 fully saturated rings. The lowest BCUT2D eigenvalue weighted by atomic mass is 10.1. The standard InChI is InChI=1S/C15H21NO3/c1-3-13-6-4-5-7-14(13)19-12(2)15(17)16-8-10-18-11-9-16/h4-7,12H,3,8-11H2,1-2H3. The van der Waals surface area contributed by atoms with Gasteiger partial charge in [-0.2, -0.15) is 0 Å². The predicted molar refractivity (Wildman–Crippen MR) is 73.3 cm³/mol. The number of amides is 1. The second kappa shape index (κ2) is 6.57. The normalized spacial score (nSPS) is 17.1. The van der Waals surface area contributed by atoms with Gasteiger partial charge < -0.3 is 14.4 Å². The van der Waals surface area contributed by atoms with E-state index in [1.807, 2.05) is 36.1 Å². The predicted octanol–water partition coefficient (Wildman–Crippen LogP) is 1.88. The molecule has 4 heteroatoms. The summed E-state index contributed by atoms with van der Waals surface area (Å²) in [6.07, 6.45) is 0.444. The number of para-hydroxylation sites is 1. The van der Waals surface area contributed by atoms with Gasteiger partial charge in [-0.15, -0.1) is 0 Å². The lowest BCUT2D eigenvalue weighted by molar-refractivity contribution is -0.142. The zero-order valence-electron chi connectivity index (χ0n) is 11.6. The summed E-state index contributed by atoms with van der Waals surface area (Å²) in [4.78, 5) is 14.1. The molecule has 1 aliphatic heterocycles. The zero-order chi connectivity index (χ0) is 13.7. The molecule has 1 atom stereocenters. The van der Waals surface area contributed by atoms with Gasteiger partial charge in [0.2, 0.25) is 0 Å². The monoisotopic (exact) mass is 263 g/mol. The molecular formula is C15H21NO3. The maximum Gasteiger partial charge on any atom is 0.263 e. The van der Waals surface area contributed by atoms with Crippen LogP contribution >= 0.6 is 0 Å². The molecule has 1 aromatic rings.